The van der Waals surface area contributed by atoms with Gasteiger partial charge < -0.3 is 24.8 Å². The van der Waals surface area contributed by atoms with Crippen LogP contribution in [0.15, 0.2) is 0 Å². The number of amides is 3. The molecule has 0 aliphatic carbocycles. The van der Waals surface area contributed by atoms with Crippen molar-refractivity contribution in [3.05, 3.63) is 0 Å². The molecular weight excluding hydrogens is 481 g/mol. The van der Waals surface area contributed by atoms with E-state index in [-0.39, 0.29) is 25.5 Å². The molecule has 188 valence electrons. The summed E-state index contributed by atoms with van der Waals surface area (Å²) in [7, 11) is -3.61. The largest absolute Gasteiger partial charge is 0.465 e. The van der Waals surface area contributed by atoms with Crippen molar-refractivity contribution in [2.24, 2.45) is 0 Å². The summed E-state index contributed by atoms with van der Waals surface area (Å²) in [6.07, 6.45) is 0.865. The van der Waals surface area contributed by atoms with E-state index in [2.05, 4.69) is 10.6 Å². The van der Waals surface area contributed by atoms with Crippen molar-refractivity contribution in [3.8, 4) is 0 Å². The Morgan fingerprint density at radius 2 is 1.66 bits per heavy atom. The molecule has 13 heteroatoms. The molecule has 0 aromatic rings. The monoisotopic (exact) mass is 517 g/mol. The summed E-state index contributed by atoms with van der Waals surface area (Å²) >= 11 is 7.40. The average molecular weight is 518 g/mol. The van der Waals surface area contributed by atoms with Crippen molar-refractivity contribution in [1.29, 1.82) is 0 Å². The number of thioether (sulfide) groups is 1. The van der Waals surface area contributed by atoms with Crippen molar-refractivity contribution < 1.29 is 33.1 Å². The molecule has 3 amide bonds. The van der Waals surface area contributed by atoms with Crippen LogP contribution in [-0.2, 0) is 23.2 Å². The molecule has 0 rings (SSSR count). The number of halogens is 1. The predicted octanol–water partition coefficient (Wildman–Crippen LogP) is 3.34. The lowest BCUT2D eigenvalue weighted by atomic mass is 10.0. The second kappa shape index (κ2) is 14.3. The van der Waals surface area contributed by atoms with Gasteiger partial charge in [0.25, 0.3) is 0 Å². The van der Waals surface area contributed by atoms with Gasteiger partial charge >= 0.3 is 13.7 Å². The molecule has 3 atom stereocenters. The van der Waals surface area contributed by atoms with Crippen molar-refractivity contribution >= 4 is 48.9 Å². The lowest BCUT2D eigenvalue weighted by Gasteiger charge is -2.39. The van der Waals surface area contributed by atoms with Crippen molar-refractivity contribution in [2.75, 3.05) is 31.1 Å². The molecule has 0 aromatic carbocycles. The summed E-state index contributed by atoms with van der Waals surface area (Å²) in [4.78, 5) is 38.7. The number of nitrogens with one attached hydrogen (secondary N) is 2. The molecule has 0 aromatic heterocycles. The third-order valence-electron chi connectivity index (χ3n) is 4.37. The topological polar surface area (TPSA) is 134 Å². The second-order valence-corrected chi connectivity index (χ2v) is 11.6. The van der Waals surface area contributed by atoms with Gasteiger partial charge in [0.1, 0.15) is 17.9 Å². The third kappa shape index (κ3) is 9.47. The molecule has 0 aliphatic rings. The molecule has 0 radical (unpaired) electrons. The zero-order valence-corrected chi connectivity index (χ0v) is 22.3. The molecule has 0 heterocycles. The second-order valence-electron chi connectivity index (χ2n) is 7.90. The van der Waals surface area contributed by atoms with E-state index in [4.69, 9.17) is 20.6 Å². The first-order valence-electron chi connectivity index (χ1n) is 10.4. The van der Waals surface area contributed by atoms with Crippen LogP contribution in [0.1, 0.15) is 48.0 Å². The summed E-state index contributed by atoms with van der Waals surface area (Å²) in [5.74, 6) is -2.02. The first kappa shape index (κ1) is 31.0. The van der Waals surface area contributed by atoms with E-state index < -0.39 is 48.9 Å². The van der Waals surface area contributed by atoms with E-state index in [0.717, 1.165) is 4.90 Å². The van der Waals surface area contributed by atoms with Gasteiger partial charge in [0.05, 0.1) is 19.1 Å². The van der Waals surface area contributed by atoms with Crippen LogP contribution in [0.3, 0.4) is 0 Å². The molecule has 0 aliphatic heterocycles. The van der Waals surface area contributed by atoms with Gasteiger partial charge in [0, 0.05) is 5.54 Å². The summed E-state index contributed by atoms with van der Waals surface area (Å²) in [5.41, 5.74) is -0.846. The summed E-state index contributed by atoms with van der Waals surface area (Å²) in [6, 6.07) is -2.19. The van der Waals surface area contributed by atoms with Crippen LogP contribution in [0.2, 0.25) is 0 Å². The van der Waals surface area contributed by atoms with Crippen molar-refractivity contribution in [1.82, 2.24) is 15.5 Å². The minimum Gasteiger partial charge on any atom is -0.465 e. The zero-order valence-electron chi connectivity index (χ0n) is 19.8. The number of carbonyl (C=O) groups excluding carboxylic acids is 2. The van der Waals surface area contributed by atoms with Gasteiger partial charge in [-0.25, -0.2) is 4.79 Å². The number of rotatable bonds is 14. The van der Waals surface area contributed by atoms with Gasteiger partial charge in [0.15, 0.2) is 0 Å². The highest BCUT2D eigenvalue weighted by molar-refractivity contribution is 7.98. The Labute approximate surface area is 200 Å². The maximum Gasteiger partial charge on any atom is 0.408 e. The normalized spacial score (nSPS) is 14.9. The number of carbonyl (C=O) groups is 3. The molecule has 3 N–H and O–H groups in total. The number of hydrogen-bond acceptors (Lipinski definition) is 7. The maximum atomic E-state index is 13.0. The van der Waals surface area contributed by atoms with Crippen LogP contribution >= 0.6 is 31.0 Å². The lowest BCUT2D eigenvalue weighted by Crippen LogP contribution is -2.60. The number of alkyl halides is 1. The first-order chi connectivity index (χ1) is 14.8. The Balaban J connectivity index is 5.58. The summed E-state index contributed by atoms with van der Waals surface area (Å²) in [5, 5.41) is 14.8. The standard InChI is InChI=1S/C19H37ClN3O7PS/c1-8-29-31(28,30-9-2)13(3)21-16(24)14(12-20)22-17(25)15(10-11-32-7)23(18(26)27)19(4,5)6/h13-15H,8-12H2,1-7H3,(H,21,24)(H,22,25)(H,26,27)/t13?,14-,15-/m0/s1. The Kier molecular flexibility index (Phi) is 13.9. The molecule has 0 saturated heterocycles. The van der Waals surface area contributed by atoms with Crippen LogP contribution in [0.5, 0.6) is 0 Å². The molecule has 32 heavy (non-hydrogen) atoms. The van der Waals surface area contributed by atoms with Crippen LogP contribution in [-0.4, -0.2) is 82.4 Å². The fourth-order valence-electron chi connectivity index (χ4n) is 2.94. The quantitative estimate of drug-likeness (QED) is 0.236. The number of carboxylic acid groups (broad SMARTS) is 1. The summed E-state index contributed by atoms with van der Waals surface area (Å²) < 4.78 is 23.3. The van der Waals surface area contributed by atoms with E-state index in [1.165, 1.54) is 18.7 Å². The average Bonchev–Trinajstić information content (AvgIpc) is 2.67. The van der Waals surface area contributed by atoms with Crippen LogP contribution in [0, 0.1) is 0 Å². The van der Waals surface area contributed by atoms with Crippen LogP contribution < -0.4 is 10.6 Å². The Hall–Kier alpha value is -1.00. The van der Waals surface area contributed by atoms with E-state index >= 15 is 0 Å². The highest BCUT2D eigenvalue weighted by Gasteiger charge is 2.39. The Morgan fingerprint density at radius 1 is 1.12 bits per heavy atom. The molecule has 0 bridgehead atoms. The zero-order chi connectivity index (χ0) is 25.1. The highest BCUT2D eigenvalue weighted by atomic mass is 35.5. The fourth-order valence-corrected chi connectivity index (χ4v) is 5.15. The minimum atomic E-state index is -3.61. The van der Waals surface area contributed by atoms with E-state index in [9.17, 15) is 24.1 Å². The van der Waals surface area contributed by atoms with Gasteiger partial charge in [0.2, 0.25) is 11.8 Å². The molecule has 10 nitrogen and oxygen atoms in total. The van der Waals surface area contributed by atoms with Gasteiger partial charge in [-0.3, -0.25) is 19.1 Å². The number of nitrogens with zero attached hydrogens (tertiary/aromatic N) is 1. The van der Waals surface area contributed by atoms with Gasteiger partial charge in [-0.05, 0) is 60.0 Å². The SMILES string of the molecule is CCOP(=O)(OCC)C(C)NC(=O)[C@H](CCl)NC(=O)[C@H](CCSC)N(C(=O)O)C(C)(C)C. The first-order valence-corrected chi connectivity index (χ1v) is 13.9. The Morgan fingerprint density at radius 3 is 2.03 bits per heavy atom. The smallest absolute Gasteiger partial charge is 0.408 e. The summed E-state index contributed by atoms with van der Waals surface area (Å²) in [6.45, 7) is 10.1. The molecule has 1 unspecified atom stereocenters. The van der Waals surface area contributed by atoms with Crippen LogP contribution in [0.4, 0.5) is 4.79 Å². The van der Waals surface area contributed by atoms with Crippen molar-refractivity contribution in [2.45, 2.75) is 71.4 Å². The minimum absolute atomic E-state index is 0.127. The van der Waals surface area contributed by atoms with Gasteiger partial charge in [-0.15, -0.1) is 11.6 Å². The number of hydrogen-bond donors (Lipinski definition) is 3. The highest BCUT2D eigenvalue weighted by Crippen LogP contribution is 2.51. The predicted molar refractivity (Wildman–Crippen MR) is 128 cm³/mol. The third-order valence-corrected chi connectivity index (χ3v) is 7.64. The van der Waals surface area contributed by atoms with Crippen molar-refractivity contribution in [3.63, 3.8) is 0 Å². The van der Waals surface area contributed by atoms with Gasteiger partial charge in [-0.1, -0.05) is 0 Å². The Bertz CT molecular complexity index is 668. The van der Waals surface area contributed by atoms with Gasteiger partial charge in [-0.2, -0.15) is 11.8 Å². The van der Waals surface area contributed by atoms with Crippen LogP contribution in [0.25, 0.3) is 0 Å². The maximum absolute atomic E-state index is 13.0. The molecular formula is C19H37ClN3O7PS. The molecule has 0 fully saturated rings. The molecule has 0 saturated carbocycles. The van der Waals surface area contributed by atoms with E-state index in [1.807, 2.05) is 6.26 Å². The fraction of sp³-hybridized carbons (Fsp3) is 0.842. The lowest BCUT2D eigenvalue weighted by molar-refractivity contribution is -0.132. The molecule has 0 spiro atoms. The van der Waals surface area contributed by atoms with E-state index in [1.54, 1.807) is 34.6 Å². The van der Waals surface area contributed by atoms with E-state index in [0.29, 0.717) is 5.75 Å².